The Morgan fingerprint density at radius 1 is 1.21 bits per heavy atom. The normalized spacial score (nSPS) is 25.7. The SMILES string of the molecule is Cc1nc(C)c(-c2ccc(C(=O)N[C@@H]3CN4CCC3CC4)cc2)s1. The topological polar surface area (TPSA) is 45.2 Å². The lowest BCUT2D eigenvalue weighted by molar-refractivity contribution is 0.0620. The van der Waals surface area contributed by atoms with Crippen LogP contribution in [0.25, 0.3) is 10.4 Å². The van der Waals surface area contributed by atoms with E-state index in [1.165, 1.54) is 30.8 Å². The van der Waals surface area contributed by atoms with Crippen molar-refractivity contribution in [3.63, 3.8) is 0 Å². The number of piperidine rings is 3. The van der Waals surface area contributed by atoms with E-state index < -0.39 is 0 Å². The number of hydrogen-bond acceptors (Lipinski definition) is 4. The van der Waals surface area contributed by atoms with Crippen LogP contribution in [0.3, 0.4) is 0 Å². The molecule has 126 valence electrons. The van der Waals surface area contributed by atoms with Gasteiger partial charge in [-0.3, -0.25) is 4.79 Å². The molecule has 1 N–H and O–H groups in total. The molecule has 5 rings (SSSR count). The third kappa shape index (κ3) is 2.98. The Bertz CT molecular complexity index is 744. The van der Waals surface area contributed by atoms with Gasteiger partial charge < -0.3 is 10.2 Å². The van der Waals surface area contributed by atoms with E-state index in [4.69, 9.17) is 0 Å². The first-order valence-electron chi connectivity index (χ1n) is 8.68. The number of carbonyl (C=O) groups excluding carboxylic acids is 1. The second-order valence-electron chi connectivity index (χ2n) is 6.94. The van der Waals surface area contributed by atoms with Gasteiger partial charge in [-0.1, -0.05) is 12.1 Å². The van der Waals surface area contributed by atoms with Crippen LogP contribution in [-0.4, -0.2) is 41.5 Å². The van der Waals surface area contributed by atoms with Crippen molar-refractivity contribution in [3.05, 3.63) is 40.5 Å². The molecule has 0 radical (unpaired) electrons. The van der Waals surface area contributed by atoms with Crippen LogP contribution in [-0.2, 0) is 0 Å². The lowest BCUT2D eigenvalue weighted by Crippen LogP contribution is -2.57. The van der Waals surface area contributed by atoms with Gasteiger partial charge in [0, 0.05) is 18.2 Å². The Morgan fingerprint density at radius 3 is 2.46 bits per heavy atom. The number of carbonyl (C=O) groups is 1. The molecule has 3 saturated heterocycles. The molecular formula is C19H23N3OS. The number of nitrogens with zero attached hydrogens (tertiary/aromatic N) is 2. The van der Waals surface area contributed by atoms with E-state index in [2.05, 4.69) is 15.2 Å². The summed E-state index contributed by atoms with van der Waals surface area (Å²) < 4.78 is 0. The summed E-state index contributed by atoms with van der Waals surface area (Å²) in [7, 11) is 0. The summed E-state index contributed by atoms with van der Waals surface area (Å²) >= 11 is 1.70. The van der Waals surface area contributed by atoms with Gasteiger partial charge in [-0.2, -0.15) is 0 Å². The van der Waals surface area contributed by atoms with E-state index in [9.17, 15) is 4.79 Å². The highest BCUT2D eigenvalue weighted by Crippen LogP contribution is 2.30. The first-order valence-corrected chi connectivity index (χ1v) is 9.49. The monoisotopic (exact) mass is 341 g/mol. The number of aryl methyl sites for hydroxylation is 2. The average Bonchev–Trinajstić information content (AvgIpc) is 2.94. The van der Waals surface area contributed by atoms with Crippen molar-refractivity contribution in [2.75, 3.05) is 19.6 Å². The molecule has 0 saturated carbocycles. The molecule has 4 heterocycles. The zero-order valence-corrected chi connectivity index (χ0v) is 15.0. The summed E-state index contributed by atoms with van der Waals surface area (Å²) in [5, 5.41) is 4.33. The molecule has 4 nitrogen and oxygen atoms in total. The first kappa shape index (κ1) is 15.8. The predicted octanol–water partition coefficient (Wildman–Crippen LogP) is 3.25. The molecule has 2 bridgehead atoms. The lowest BCUT2D eigenvalue weighted by Gasteiger charge is -2.44. The minimum atomic E-state index is 0.0532. The van der Waals surface area contributed by atoms with Crippen molar-refractivity contribution >= 4 is 17.2 Å². The van der Waals surface area contributed by atoms with E-state index >= 15 is 0 Å². The third-order valence-corrected chi connectivity index (χ3v) is 6.41. The zero-order chi connectivity index (χ0) is 16.7. The van der Waals surface area contributed by atoms with Gasteiger partial charge in [-0.15, -0.1) is 11.3 Å². The molecular weight excluding hydrogens is 318 g/mol. The number of amides is 1. The van der Waals surface area contributed by atoms with Gasteiger partial charge in [0.05, 0.1) is 15.6 Å². The summed E-state index contributed by atoms with van der Waals surface area (Å²) in [5.41, 5.74) is 2.94. The average molecular weight is 341 g/mol. The van der Waals surface area contributed by atoms with Gasteiger partial charge in [0.1, 0.15) is 0 Å². The Balaban J connectivity index is 1.46. The largest absolute Gasteiger partial charge is 0.348 e. The fourth-order valence-corrected chi connectivity index (χ4v) is 4.88. The van der Waals surface area contributed by atoms with Gasteiger partial charge in [-0.25, -0.2) is 4.98 Å². The van der Waals surface area contributed by atoms with E-state index in [1.807, 2.05) is 38.1 Å². The van der Waals surface area contributed by atoms with Crippen molar-refractivity contribution in [3.8, 4) is 10.4 Å². The third-order valence-electron chi connectivity index (χ3n) is 5.29. The Labute approximate surface area is 146 Å². The quantitative estimate of drug-likeness (QED) is 0.932. The van der Waals surface area contributed by atoms with Crippen LogP contribution in [0.2, 0.25) is 0 Å². The highest BCUT2D eigenvalue weighted by atomic mass is 32.1. The fourth-order valence-electron chi connectivity index (χ4n) is 3.95. The van der Waals surface area contributed by atoms with Gasteiger partial charge in [0.2, 0.25) is 0 Å². The van der Waals surface area contributed by atoms with Crippen LogP contribution in [0.4, 0.5) is 0 Å². The smallest absolute Gasteiger partial charge is 0.251 e. The van der Waals surface area contributed by atoms with Gasteiger partial charge in [-0.05, 0) is 63.4 Å². The second kappa shape index (κ2) is 6.30. The number of thiazole rings is 1. The van der Waals surface area contributed by atoms with Crippen molar-refractivity contribution in [2.24, 2.45) is 5.92 Å². The van der Waals surface area contributed by atoms with Crippen LogP contribution >= 0.6 is 11.3 Å². The van der Waals surface area contributed by atoms with Crippen molar-refractivity contribution in [1.82, 2.24) is 15.2 Å². The van der Waals surface area contributed by atoms with Crippen LogP contribution in [0.1, 0.15) is 33.9 Å². The lowest BCUT2D eigenvalue weighted by atomic mass is 9.84. The van der Waals surface area contributed by atoms with E-state index in [1.54, 1.807) is 11.3 Å². The molecule has 24 heavy (non-hydrogen) atoms. The number of aromatic nitrogens is 1. The molecule has 1 amide bonds. The maximum atomic E-state index is 12.6. The minimum Gasteiger partial charge on any atom is -0.348 e. The molecule has 3 fully saturated rings. The summed E-state index contributed by atoms with van der Waals surface area (Å²) in [4.78, 5) is 20.7. The van der Waals surface area contributed by atoms with E-state index in [0.29, 0.717) is 12.0 Å². The zero-order valence-electron chi connectivity index (χ0n) is 14.2. The van der Waals surface area contributed by atoms with Gasteiger partial charge in [0.25, 0.3) is 5.91 Å². The summed E-state index contributed by atoms with van der Waals surface area (Å²) in [5.74, 6) is 0.707. The van der Waals surface area contributed by atoms with Crippen LogP contribution in [0.5, 0.6) is 0 Å². The first-order chi connectivity index (χ1) is 11.6. The fraction of sp³-hybridized carbons (Fsp3) is 0.474. The van der Waals surface area contributed by atoms with Gasteiger partial charge >= 0.3 is 0 Å². The second-order valence-corrected chi connectivity index (χ2v) is 8.15. The van der Waals surface area contributed by atoms with E-state index in [0.717, 1.165) is 28.4 Å². The van der Waals surface area contributed by atoms with Crippen LogP contribution < -0.4 is 5.32 Å². The molecule has 1 aromatic heterocycles. The molecule has 0 spiro atoms. The Kier molecular flexibility index (Phi) is 4.14. The maximum absolute atomic E-state index is 12.6. The molecule has 1 atom stereocenters. The summed E-state index contributed by atoms with van der Waals surface area (Å²) in [6.07, 6.45) is 2.43. The number of rotatable bonds is 3. The number of benzene rings is 1. The molecule has 2 aromatic rings. The summed E-state index contributed by atoms with van der Waals surface area (Å²) in [6, 6.07) is 8.24. The highest BCUT2D eigenvalue weighted by molar-refractivity contribution is 7.15. The van der Waals surface area contributed by atoms with E-state index in [-0.39, 0.29) is 5.91 Å². The molecule has 0 unspecified atom stereocenters. The number of hydrogen-bond donors (Lipinski definition) is 1. The standard InChI is InChI=1S/C19H23N3OS/c1-12-18(24-13(2)20-12)15-3-5-16(6-4-15)19(23)21-17-11-22-9-7-14(17)8-10-22/h3-6,14,17H,7-11H2,1-2H3,(H,21,23)/t17-/m1/s1. The minimum absolute atomic E-state index is 0.0532. The van der Waals surface area contributed by atoms with Crippen molar-refractivity contribution in [1.29, 1.82) is 0 Å². The van der Waals surface area contributed by atoms with Crippen LogP contribution in [0, 0.1) is 19.8 Å². The van der Waals surface area contributed by atoms with Gasteiger partial charge in [0.15, 0.2) is 0 Å². The molecule has 0 aliphatic carbocycles. The molecule has 1 aromatic carbocycles. The predicted molar refractivity (Wildman–Crippen MR) is 97.4 cm³/mol. The number of nitrogens with one attached hydrogen (secondary N) is 1. The summed E-state index contributed by atoms with van der Waals surface area (Å²) in [6.45, 7) is 7.45. The molecule has 5 heteroatoms. The Morgan fingerprint density at radius 2 is 1.92 bits per heavy atom. The number of fused-ring (bicyclic) bond motifs is 3. The van der Waals surface area contributed by atoms with Crippen LogP contribution in [0.15, 0.2) is 24.3 Å². The van der Waals surface area contributed by atoms with Crippen molar-refractivity contribution in [2.45, 2.75) is 32.7 Å². The molecule has 3 aliphatic heterocycles. The highest BCUT2D eigenvalue weighted by Gasteiger charge is 2.34. The molecule has 3 aliphatic rings. The Hall–Kier alpha value is -1.72. The maximum Gasteiger partial charge on any atom is 0.251 e. The van der Waals surface area contributed by atoms with Crippen molar-refractivity contribution < 1.29 is 4.79 Å².